The molecule has 1 amide bonds. The second-order valence-corrected chi connectivity index (χ2v) is 6.07. The third-order valence-electron chi connectivity index (χ3n) is 4.56. The van der Waals surface area contributed by atoms with Crippen LogP contribution in [0.5, 0.6) is 5.88 Å². The summed E-state index contributed by atoms with van der Waals surface area (Å²) in [6, 6.07) is 1.83. The van der Waals surface area contributed by atoms with Crippen molar-refractivity contribution in [3.63, 3.8) is 0 Å². The second-order valence-electron chi connectivity index (χ2n) is 6.07. The largest absolute Gasteiger partial charge is 0.478 e. The zero-order chi connectivity index (χ0) is 16.2. The zero-order valence-electron chi connectivity index (χ0n) is 13.9. The van der Waals surface area contributed by atoms with Crippen LogP contribution >= 0.6 is 0 Å². The fourth-order valence-electron chi connectivity index (χ4n) is 3.30. The maximum atomic E-state index is 12.2. The van der Waals surface area contributed by atoms with Crippen LogP contribution in [0.3, 0.4) is 0 Å². The summed E-state index contributed by atoms with van der Waals surface area (Å²) in [7, 11) is 1.89. The molecule has 1 atom stereocenters. The molecule has 0 spiro atoms. The van der Waals surface area contributed by atoms with E-state index in [1.54, 1.807) is 12.3 Å². The molecule has 1 aromatic heterocycles. The van der Waals surface area contributed by atoms with Gasteiger partial charge in [-0.2, -0.15) is 4.98 Å². The molecule has 0 unspecified atom stereocenters. The van der Waals surface area contributed by atoms with Crippen LogP contribution in [0.1, 0.15) is 19.8 Å². The van der Waals surface area contributed by atoms with Crippen LogP contribution in [0.4, 0.5) is 5.95 Å². The predicted molar refractivity (Wildman–Crippen MR) is 87.6 cm³/mol. The van der Waals surface area contributed by atoms with Gasteiger partial charge in [0, 0.05) is 52.0 Å². The maximum absolute atomic E-state index is 12.2. The third-order valence-corrected chi connectivity index (χ3v) is 4.56. The Kier molecular flexibility index (Phi) is 4.95. The van der Waals surface area contributed by atoms with Gasteiger partial charge in [-0.05, 0) is 19.8 Å². The first-order chi connectivity index (χ1) is 11.2. The van der Waals surface area contributed by atoms with E-state index >= 15 is 0 Å². The monoisotopic (exact) mass is 319 g/mol. The van der Waals surface area contributed by atoms with Gasteiger partial charge in [-0.15, -0.1) is 0 Å². The van der Waals surface area contributed by atoms with Crippen molar-refractivity contribution >= 4 is 11.9 Å². The standard InChI is InChI=1S/C16H25N5O2/c1-3-23-14-5-7-17-16(18-14)21-9-4-8-20(11-12-21)13-6-10-19(2)15(13)22/h5,7,13H,3-4,6,8-12H2,1-2H3/t13-/m1/s1. The minimum Gasteiger partial charge on any atom is -0.478 e. The maximum Gasteiger partial charge on any atom is 0.239 e. The first-order valence-corrected chi connectivity index (χ1v) is 8.39. The SMILES string of the molecule is CCOc1ccnc(N2CCCN([C@@H]3CCN(C)C3=O)CC2)n1. The molecular formula is C16H25N5O2. The van der Waals surface area contributed by atoms with E-state index in [9.17, 15) is 4.79 Å². The Morgan fingerprint density at radius 3 is 2.87 bits per heavy atom. The van der Waals surface area contributed by atoms with Crippen LogP contribution < -0.4 is 9.64 Å². The van der Waals surface area contributed by atoms with E-state index in [4.69, 9.17) is 4.74 Å². The van der Waals surface area contributed by atoms with Crippen LogP contribution in [0.15, 0.2) is 12.3 Å². The van der Waals surface area contributed by atoms with Crippen molar-refractivity contribution in [1.82, 2.24) is 19.8 Å². The average Bonchev–Trinajstić information content (AvgIpc) is 2.78. The van der Waals surface area contributed by atoms with Crippen molar-refractivity contribution in [2.75, 3.05) is 51.3 Å². The third kappa shape index (κ3) is 3.55. The lowest BCUT2D eigenvalue weighted by atomic mass is 10.2. The van der Waals surface area contributed by atoms with Gasteiger partial charge in [-0.25, -0.2) is 4.98 Å². The van der Waals surface area contributed by atoms with Crippen molar-refractivity contribution in [1.29, 1.82) is 0 Å². The molecule has 7 nitrogen and oxygen atoms in total. The number of amides is 1. The number of rotatable bonds is 4. The number of carbonyl (C=O) groups is 1. The number of aromatic nitrogens is 2. The van der Waals surface area contributed by atoms with Gasteiger partial charge in [0.05, 0.1) is 12.6 Å². The molecule has 2 aliphatic heterocycles. The van der Waals surface area contributed by atoms with Crippen molar-refractivity contribution < 1.29 is 9.53 Å². The summed E-state index contributed by atoms with van der Waals surface area (Å²) >= 11 is 0. The highest BCUT2D eigenvalue weighted by Gasteiger charge is 2.34. The van der Waals surface area contributed by atoms with Gasteiger partial charge in [0.2, 0.25) is 17.7 Å². The molecule has 1 aromatic rings. The van der Waals surface area contributed by atoms with Crippen LogP contribution in [0.2, 0.25) is 0 Å². The Bertz CT molecular complexity index is 553. The van der Waals surface area contributed by atoms with Crippen molar-refractivity contribution in [3.05, 3.63) is 12.3 Å². The van der Waals surface area contributed by atoms with Crippen LogP contribution in [0, 0.1) is 0 Å². The molecule has 126 valence electrons. The van der Waals surface area contributed by atoms with Crippen molar-refractivity contribution in [2.24, 2.45) is 0 Å². The molecule has 7 heteroatoms. The lowest BCUT2D eigenvalue weighted by molar-refractivity contribution is -0.131. The summed E-state index contributed by atoms with van der Waals surface area (Å²) in [5.74, 6) is 1.59. The number of hydrogen-bond donors (Lipinski definition) is 0. The van der Waals surface area contributed by atoms with E-state index in [-0.39, 0.29) is 11.9 Å². The number of anilines is 1. The van der Waals surface area contributed by atoms with Gasteiger partial charge in [0.25, 0.3) is 0 Å². The highest BCUT2D eigenvalue weighted by molar-refractivity contribution is 5.83. The number of likely N-dealkylation sites (tertiary alicyclic amines) is 1. The fraction of sp³-hybridized carbons (Fsp3) is 0.688. The molecule has 0 aromatic carbocycles. The number of nitrogens with zero attached hydrogens (tertiary/aromatic N) is 5. The molecular weight excluding hydrogens is 294 g/mol. The van der Waals surface area contributed by atoms with E-state index in [2.05, 4.69) is 19.8 Å². The molecule has 0 radical (unpaired) electrons. The predicted octanol–water partition coefficient (Wildman–Crippen LogP) is 0.618. The van der Waals surface area contributed by atoms with E-state index in [1.807, 2.05) is 18.9 Å². The number of ether oxygens (including phenoxy) is 1. The smallest absolute Gasteiger partial charge is 0.239 e. The molecule has 3 rings (SSSR count). The van der Waals surface area contributed by atoms with Gasteiger partial charge in [-0.1, -0.05) is 0 Å². The molecule has 2 saturated heterocycles. The number of carbonyl (C=O) groups excluding carboxylic acids is 1. The lowest BCUT2D eigenvalue weighted by Gasteiger charge is -2.26. The molecule has 2 fully saturated rings. The molecule has 3 heterocycles. The molecule has 0 bridgehead atoms. The van der Waals surface area contributed by atoms with Gasteiger partial charge in [-0.3, -0.25) is 9.69 Å². The first-order valence-electron chi connectivity index (χ1n) is 8.39. The van der Waals surface area contributed by atoms with E-state index in [0.29, 0.717) is 18.4 Å². The summed E-state index contributed by atoms with van der Waals surface area (Å²) < 4.78 is 5.46. The molecule has 0 saturated carbocycles. The molecule has 0 aliphatic carbocycles. The topological polar surface area (TPSA) is 61.8 Å². The highest BCUT2D eigenvalue weighted by atomic mass is 16.5. The average molecular weight is 319 g/mol. The van der Waals surface area contributed by atoms with Gasteiger partial charge >= 0.3 is 0 Å². The van der Waals surface area contributed by atoms with Crippen molar-refractivity contribution in [2.45, 2.75) is 25.8 Å². The summed E-state index contributed by atoms with van der Waals surface area (Å²) in [5.41, 5.74) is 0. The van der Waals surface area contributed by atoms with E-state index in [1.165, 1.54) is 0 Å². The van der Waals surface area contributed by atoms with Crippen LogP contribution in [0.25, 0.3) is 0 Å². The minimum atomic E-state index is 0.0515. The summed E-state index contributed by atoms with van der Waals surface area (Å²) in [6.07, 6.45) is 3.69. The van der Waals surface area contributed by atoms with Gasteiger partial charge < -0.3 is 14.5 Å². The summed E-state index contributed by atoms with van der Waals surface area (Å²) in [5, 5.41) is 0. The number of likely N-dealkylation sites (N-methyl/N-ethyl adjacent to an activating group) is 1. The fourth-order valence-corrected chi connectivity index (χ4v) is 3.30. The Hall–Kier alpha value is -1.89. The van der Waals surface area contributed by atoms with Crippen LogP contribution in [-0.2, 0) is 4.79 Å². The van der Waals surface area contributed by atoms with Crippen molar-refractivity contribution in [3.8, 4) is 5.88 Å². The lowest BCUT2D eigenvalue weighted by Crippen LogP contribution is -2.43. The van der Waals surface area contributed by atoms with Gasteiger partial charge in [0.1, 0.15) is 0 Å². The highest BCUT2D eigenvalue weighted by Crippen LogP contribution is 2.20. The Balaban J connectivity index is 1.64. The summed E-state index contributed by atoms with van der Waals surface area (Å²) in [6.45, 7) is 6.97. The second kappa shape index (κ2) is 7.12. The molecule has 23 heavy (non-hydrogen) atoms. The quantitative estimate of drug-likeness (QED) is 0.811. The van der Waals surface area contributed by atoms with Crippen LogP contribution in [-0.4, -0.2) is 78.1 Å². The Labute approximate surface area is 137 Å². The number of hydrogen-bond acceptors (Lipinski definition) is 6. The van der Waals surface area contributed by atoms with E-state index < -0.39 is 0 Å². The minimum absolute atomic E-state index is 0.0515. The van der Waals surface area contributed by atoms with Gasteiger partial charge in [0.15, 0.2) is 0 Å². The Morgan fingerprint density at radius 1 is 1.26 bits per heavy atom. The van der Waals surface area contributed by atoms with E-state index in [0.717, 1.165) is 45.6 Å². The summed E-state index contributed by atoms with van der Waals surface area (Å²) in [4.78, 5) is 27.4. The molecule has 0 N–H and O–H groups in total. The normalized spacial score (nSPS) is 23.2. The zero-order valence-corrected chi connectivity index (χ0v) is 13.9. The molecule has 2 aliphatic rings. The Morgan fingerprint density at radius 2 is 2.13 bits per heavy atom. The first kappa shape index (κ1) is 16.0.